The first-order chi connectivity index (χ1) is 9.99. The number of rotatable bonds is 6. The van der Waals surface area contributed by atoms with Gasteiger partial charge in [0.15, 0.2) is 0 Å². The van der Waals surface area contributed by atoms with Crippen molar-refractivity contribution in [2.75, 3.05) is 6.54 Å². The summed E-state index contributed by atoms with van der Waals surface area (Å²) in [6.07, 6.45) is 9.52. The van der Waals surface area contributed by atoms with E-state index in [0.717, 1.165) is 18.0 Å². The lowest BCUT2D eigenvalue weighted by molar-refractivity contribution is 0.137. The zero-order valence-electron chi connectivity index (χ0n) is 14.0. The van der Waals surface area contributed by atoms with E-state index in [1.54, 1.807) is 0 Å². The average molecular weight is 312 g/mol. The molecule has 1 aliphatic carbocycles. The van der Waals surface area contributed by atoms with Crippen molar-refractivity contribution in [2.45, 2.75) is 78.3 Å². The van der Waals surface area contributed by atoms with E-state index in [1.165, 1.54) is 37.8 Å². The smallest absolute Gasteiger partial charge is 0.0834 e. The van der Waals surface area contributed by atoms with Gasteiger partial charge >= 0.3 is 0 Å². The van der Waals surface area contributed by atoms with Crippen LogP contribution in [0.1, 0.15) is 84.0 Å². The van der Waals surface area contributed by atoms with E-state index in [9.17, 15) is 0 Å². The van der Waals surface area contributed by atoms with E-state index in [1.807, 2.05) is 6.20 Å². The van der Waals surface area contributed by atoms with Crippen LogP contribution in [-0.2, 0) is 0 Å². The predicted octanol–water partition coefficient (Wildman–Crippen LogP) is 5.13. The minimum atomic E-state index is 0.281. The van der Waals surface area contributed by atoms with Gasteiger partial charge < -0.3 is 5.32 Å². The molecule has 0 bridgehead atoms. The molecule has 3 nitrogen and oxygen atoms in total. The molecular formula is C17H30ClN3. The van der Waals surface area contributed by atoms with Crippen molar-refractivity contribution in [2.24, 2.45) is 5.41 Å². The molecule has 1 heterocycles. The summed E-state index contributed by atoms with van der Waals surface area (Å²) in [7, 11) is 0. The van der Waals surface area contributed by atoms with E-state index in [-0.39, 0.29) is 5.41 Å². The van der Waals surface area contributed by atoms with Crippen molar-refractivity contribution < 1.29 is 0 Å². The average Bonchev–Trinajstić information content (AvgIpc) is 2.82. The Kier molecular flexibility index (Phi) is 5.73. The van der Waals surface area contributed by atoms with Crippen LogP contribution in [-0.4, -0.2) is 16.3 Å². The first-order valence-electron chi connectivity index (χ1n) is 8.46. The predicted molar refractivity (Wildman–Crippen MR) is 89.8 cm³/mol. The van der Waals surface area contributed by atoms with Crippen LogP contribution in [0.2, 0.25) is 5.02 Å². The van der Waals surface area contributed by atoms with Gasteiger partial charge in [0, 0.05) is 6.04 Å². The molecule has 0 aromatic carbocycles. The van der Waals surface area contributed by atoms with Gasteiger partial charge in [0.05, 0.1) is 23.0 Å². The van der Waals surface area contributed by atoms with Crippen LogP contribution in [0, 0.1) is 5.41 Å². The highest BCUT2D eigenvalue weighted by Gasteiger charge is 2.39. The van der Waals surface area contributed by atoms with Gasteiger partial charge in [0.25, 0.3) is 0 Å². The van der Waals surface area contributed by atoms with Gasteiger partial charge in [-0.05, 0) is 45.1 Å². The molecule has 0 amide bonds. The Morgan fingerprint density at radius 3 is 2.57 bits per heavy atom. The van der Waals surface area contributed by atoms with E-state index < -0.39 is 0 Å². The molecule has 0 saturated heterocycles. The first-order valence-corrected chi connectivity index (χ1v) is 8.83. The minimum Gasteiger partial charge on any atom is -0.308 e. The first kappa shape index (κ1) is 16.8. The summed E-state index contributed by atoms with van der Waals surface area (Å²) >= 11 is 6.52. The third-order valence-electron chi connectivity index (χ3n) is 4.84. The van der Waals surface area contributed by atoms with Crippen LogP contribution < -0.4 is 5.32 Å². The van der Waals surface area contributed by atoms with Crippen molar-refractivity contribution >= 4 is 11.6 Å². The molecule has 1 aromatic rings. The quantitative estimate of drug-likeness (QED) is 0.789. The minimum absolute atomic E-state index is 0.281. The van der Waals surface area contributed by atoms with Gasteiger partial charge in [0.2, 0.25) is 0 Å². The number of nitrogens with one attached hydrogen (secondary N) is 1. The normalized spacial score (nSPS) is 19.9. The van der Waals surface area contributed by atoms with E-state index >= 15 is 0 Å². The van der Waals surface area contributed by atoms with Gasteiger partial charge in [-0.25, -0.2) is 0 Å². The summed E-state index contributed by atoms with van der Waals surface area (Å²) in [5, 5.41) is 9.10. The van der Waals surface area contributed by atoms with E-state index in [4.69, 9.17) is 11.6 Å². The molecule has 1 unspecified atom stereocenters. The molecule has 1 fully saturated rings. The molecule has 4 heteroatoms. The molecule has 120 valence electrons. The van der Waals surface area contributed by atoms with Crippen LogP contribution in [0.15, 0.2) is 6.20 Å². The maximum absolute atomic E-state index is 6.52. The molecular weight excluding hydrogens is 282 g/mol. The van der Waals surface area contributed by atoms with Crippen molar-refractivity contribution in [3.05, 3.63) is 16.9 Å². The zero-order valence-corrected chi connectivity index (χ0v) is 14.7. The summed E-state index contributed by atoms with van der Waals surface area (Å²) < 4.78 is 2.11. The van der Waals surface area contributed by atoms with Crippen molar-refractivity contribution in [1.29, 1.82) is 0 Å². The number of hydrogen-bond donors (Lipinski definition) is 1. The summed E-state index contributed by atoms with van der Waals surface area (Å²) in [6, 6.07) is 0.640. The Balaban J connectivity index is 2.37. The second kappa shape index (κ2) is 7.15. The third-order valence-corrected chi connectivity index (χ3v) is 5.13. The van der Waals surface area contributed by atoms with Crippen LogP contribution >= 0.6 is 11.6 Å². The fourth-order valence-electron chi connectivity index (χ4n) is 3.64. The molecule has 0 aliphatic heterocycles. The largest absolute Gasteiger partial charge is 0.308 e. The standard InChI is InChI=1S/C17H30ClN3/c1-5-11-19-16(17(4)9-7-6-8-10-17)15-14(18)12-20-21(15)13(2)3/h12-13,16,19H,5-11H2,1-4H3. The Morgan fingerprint density at radius 1 is 1.33 bits per heavy atom. The topological polar surface area (TPSA) is 29.9 Å². The Bertz CT molecular complexity index is 447. The second-order valence-corrected chi connectivity index (χ2v) is 7.43. The molecule has 1 N–H and O–H groups in total. The second-order valence-electron chi connectivity index (χ2n) is 7.02. The maximum Gasteiger partial charge on any atom is 0.0834 e. The zero-order chi connectivity index (χ0) is 15.5. The molecule has 0 spiro atoms. The molecule has 1 atom stereocenters. The summed E-state index contributed by atoms with van der Waals surface area (Å²) in [5.74, 6) is 0. The van der Waals surface area contributed by atoms with Crippen molar-refractivity contribution in [3.8, 4) is 0 Å². The summed E-state index contributed by atoms with van der Waals surface area (Å²) in [4.78, 5) is 0. The van der Waals surface area contributed by atoms with Gasteiger partial charge in [0.1, 0.15) is 0 Å². The lowest BCUT2D eigenvalue weighted by Crippen LogP contribution is -2.39. The fourth-order valence-corrected chi connectivity index (χ4v) is 3.88. The van der Waals surface area contributed by atoms with Crippen molar-refractivity contribution in [3.63, 3.8) is 0 Å². The highest BCUT2D eigenvalue weighted by atomic mass is 35.5. The Hall–Kier alpha value is -0.540. The number of nitrogens with zero attached hydrogens (tertiary/aromatic N) is 2. The Labute approximate surface area is 134 Å². The van der Waals surface area contributed by atoms with Crippen LogP contribution in [0.25, 0.3) is 0 Å². The van der Waals surface area contributed by atoms with Gasteiger partial charge in [-0.2, -0.15) is 5.10 Å². The number of aromatic nitrogens is 2. The van der Waals surface area contributed by atoms with Gasteiger partial charge in [-0.15, -0.1) is 0 Å². The monoisotopic (exact) mass is 311 g/mol. The SMILES string of the molecule is CCCNC(c1c(Cl)cnn1C(C)C)C1(C)CCCCC1. The van der Waals surface area contributed by atoms with Crippen LogP contribution in [0.4, 0.5) is 0 Å². The lowest BCUT2D eigenvalue weighted by Gasteiger charge is -2.42. The lowest BCUT2D eigenvalue weighted by atomic mass is 9.69. The van der Waals surface area contributed by atoms with Gasteiger partial charge in [-0.1, -0.05) is 44.7 Å². The van der Waals surface area contributed by atoms with Crippen molar-refractivity contribution in [1.82, 2.24) is 15.1 Å². The fraction of sp³-hybridized carbons (Fsp3) is 0.824. The van der Waals surface area contributed by atoms with Gasteiger partial charge in [-0.3, -0.25) is 4.68 Å². The molecule has 21 heavy (non-hydrogen) atoms. The summed E-state index contributed by atoms with van der Waals surface area (Å²) in [5.41, 5.74) is 1.47. The molecule has 1 aromatic heterocycles. The highest BCUT2D eigenvalue weighted by Crippen LogP contribution is 2.47. The molecule has 0 radical (unpaired) electrons. The highest BCUT2D eigenvalue weighted by molar-refractivity contribution is 6.31. The molecule has 1 aliphatic rings. The maximum atomic E-state index is 6.52. The van der Waals surface area contributed by atoms with E-state index in [0.29, 0.717) is 12.1 Å². The third kappa shape index (κ3) is 3.62. The summed E-state index contributed by atoms with van der Waals surface area (Å²) in [6.45, 7) is 10.0. The molecule has 1 saturated carbocycles. The van der Waals surface area contributed by atoms with Crippen LogP contribution in [0.3, 0.4) is 0 Å². The number of halogens is 1. The number of hydrogen-bond acceptors (Lipinski definition) is 2. The Morgan fingerprint density at radius 2 is 2.00 bits per heavy atom. The van der Waals surface area contributed by atoms with Crippen LogP contribution in [0.5, 0.6) is 0 Å². The van der Waals surface area contributed by atoms with E-state index in [2.05, 4.69) is 42.8 Å². The molecule has 2 rings (SSSR count).